The van der Waals surface area contributed by atoms with Gasteiger partial charge in [-0.3, -0.25) is 9.30 Å². The van der Waals surface area contributed by atoms with Gasteiger partial charge in [-0.2, -0.15) is 0 Å². The van der Waals surface area contributed by atoms with Gasteiger partial charge >= 0.3 is 0 Å². The summed E-state index contributed by atoms with van der Waals surface area (Å²) < 4.78 is 33.0. The number of aromatic nitrogens is 4. The molecule has 3 aromatic heterocycles. The molecule has 0 radical (unpaired) electrons. The van der Waals surface area contributed by atoms with E-state index >= 15 is 4.39 Å². The summed E-state index contributed by atoms with van der Waals surface area (Å²) in [5.74, 6) is -0.214. The molecule has 0 aliphatic carbocycles. The molecule has 4 aromatic rings. The van der Waals surface area contributed by atoms with Gasteiger partial charge in [0, 0.05) is 95.5 Å². The van der Waals surface area contributed by atoms with Crippen molar-refractivity contribution in [3.05, 3.63) is 60.4 Å². The fraction of sp³-hybridized carbons (Fsp3) is 0.500. The lowest BCUT2D eigenvalue weighted by Gasteiger charge is -2.39. The lowest BCUT2D eigenvalue weighted by molar-refractivity contribution is 0.155. The molecular formula is C34H44F2N10. The average Bonchev–Trinajstić information content (AvgIpc) is 3.50. The molecule has 3 aliphatic heterocycles. The Hall–Kier alpha value is -3.71. The van der Waals surface area contributed by atoms with E-state index in [-0.39, 0.29) is 17.6 Å². The van der Waals surface area contributed by atoms with Crippen molar-refractivity contribution in [1.82, 2.24) is 39.4 Å². The number of nitrogens with one attached hydrogen (secondary N) is 1. The number of piperazine rings is 2. The molecule has 3 fully saturated rings. The highest BCUT2D eigenvalue weighted by molar-refractivity contribution is 5.70. The van der Waals surface area contributed by atoms with Crippen LogP contribution in [0.4, 0.5) is 20.3 Å². The maximum Gasteiger partial charge on any atom is 0.191 e. The summed E-state index contributed by atoms with van der Waals surface area (Å²) in [4.78, 5) is 25.8. The van der Waals surface area contributed by atoms with E-state index in [0.29, 0.717) is 29.3 Å². The summed E-state index contributed by atoms with van der Waals surface area (Å²) >= 11 is 0. The number of nitrogens with zero attached hydrogens (tertiary/aromatic N) is 9. The largest absolute Gasteiger partial charge is 0.369 e. The van der Waals surface area contributed by atoms with Gasteiger partial charge in [0.1, 0.15) is 22.9 Å². The number of hydrogen-bond donors (Lipinski definition) is 1. The number of imidazole rings is 1. The zero-order valence-corrected chi connectivity index (χ0v) is 26.9. The summed E-state index contributed by atoms with van der Waals surface area (Å²) in [6.07, 6.45) is 4.99. The Morgan fingerprint density at radius 3 is 2.35 bits per heavy atom. The number of piperidine rings is 1. The third-order valence-corrected chi connectivity index (χ3v) is 9.78. The lowest BCUT2D eigenvalue weighted by Crippen LogP contribution is -2.51. The Morgan fingerprint density at radius 2 is 1.63 bits per heavy atom. The summed E-state index contributed by atoms with van der Waals surface area (Å²) in [5, 5.41) is 3.52. The van der Waals surface area contributed by atoms with Crippen molar-refractivity contribution in [2.75, 3.05) is 102 Å². The lowest BCUT2D eigenvalue weighted by atomic mass is 10.0. The third-order valence-electron chi connectivity index (χ3n) is 9.78. The molecule has 1 N–H and O–H groups in total. The molecule has 46 heavy (non-hydrogen) atoms. The van der Waals surface area contributed by atoms with E-state index in [2.05, 4.69) is 61.0 Å². The molecule has 10 nitrogen and oxygen atoms in total. The molecule has 1 atom stereocenters. The van der Waals surface area contributed by atoms with E-state index in [1.54, 1.807) is 16.7 Å². The first-order valence-electron chi connectivity index (χ1n) is 16.6. The van der Waals surface area contributed by atoms with Gasteiger partial charge in [-0.25, -0.2) is 23.7 Å². The number of likely N-dealkylation sites (N-methyl/N-ethyl adjacent to an activating group) is 2. The summed E-state index contributed by atoms with van der Waals surface area (Å²) in [7, 11) is 4.30. The second-order valence-electron chi connectivity index (χ2n) is 12.9. The summed E-state index contributed by atoms with van der Waals surface area (Å²) in [6, 6.07) is 11.1. The van der Waals surface area contributed by atoms with Crippen LogP contribution in [-0.4, -0.2) is 133 Å². The number of benzene rings is 1. The normalized spacial score (nSPS) is 20.4. The van der Waals surface area contributed by atoms with E-state index < -0.39 is 11.6 Å². The molecule has 0 saturated carbocycles. The van der Waals surface area contributed by atoms with Crippen molar-refractivity contribution < 1.29 is 8.78 Å². The van der Waals surface area contributed by atoms with Gasteiger partial charge in [0.05, 0.1) is 6.20 Å². The van der Waals surface area contributed by atoms with E-state index in [4.69, 9.17) is 9.97 Å². The van der Waals surface area contributed by atoms with Gasteiger partial charge in [0.2, 0.25) is 0 Å². The van der Waals surface area contributed by atoms with Gasteiger partial charge in [0.15, 0.2) is 17.5 Å². The van der Waals surface area contributed by atoms with Crippen LogP contribution in [0.2, 0.25) is 0 Å². The van der Waals surface area contributed by atoms with Crippen LogP contribution >= 0.6 is 0 Å². The molecule has 0 amide bonds. The van der Waals surface area contributed by atoms with Crippen molar-refractivity contribution in [3.8, 4) is 22.8 Å². The first-order chi connectivity index (χ1) is 22.4. The molecule has 6 heterocycles. The van der Waals surface area contributed by atoms with Gasteiger partial charge < -0.3 is 24.9 Å². The SMILES string of the molecule is CN1CCN(CCN(c2nc(-c3cnc4ccc(F)cn34)nc(-c3ccc(N4CCN(C)CC4)cc3)c2F)[C@@H]2CCCNC2)CC1. The molecule has 1 aromatic carbocycles. The fourth-order valence-corrected chi connectivity index (χ4v) is 6.83. The van der Waals surface area contributed by atoms with Gasteiger partial charge in [0.25, 0.3) is 0 Å². The second-order valence-corrected chi connectivity index (χ2v) is 12.9. The number of hydrogen-bond acceptors (Lipinski definition) is 9. The van der Waals surface area contributed by atoms with Crippen LogP contribution in [-0.2, 0) is 0 Å². The Bertz CT molecular complexity index is 1620. The van der Waals surface area contributed by atoms with Gasteiger partial charge in [-0.15, -0.1) is 0 Å². The molecular weight excluding hydrogens is 586 g/mol. The highest BCUT2D eigenvalue weighted by Crippen LogP contribution is 2.33. The average molecular weight is 631 g/mol. The molecule has 0 spiro atoms. The topological polar surface area (TPSA) is 71.3 Å². The third kappa shape index (κ3) is 6.57. The minimum absolute atomic E-state index is 0.0885. The zero-order valence-electron chi connectivity index (χ0n) is 26.9. The zero-order chi connectivity index (χ0) is 31.6. The molecule has 0 unspecified atom stereocenters. The van der Waals surface area contributed by atoms with E-state index in [1.165, 1.54) is 12.3 Å². The Kier molecular flexibility index (Phi) is 9.12. The minimum Gasteiger partial charge on any atom is -0.369 e. The molecule has 0 bridgehead atoms. The number of pyridine rings is 1. The number of rotatable bonds is 8. The number of fused-ring (bicyclic) bond motifs is 1. The van der Waals surface area contributed by atoms with Crippen molar-refractivity contribution in [3.63, 3.8) is 0 Å². The van der Waals surface area contributed by atoms with Crippen LogP contribution < -0.4 is 15.1 Å². The molecule has 3 aliphatic rings. The summed E-state index contributed by atoms with van der Waals surface area (Å²) in [5.41, 5.74) is 3.14. The quantitative estimate of drug-likeness (QED) is 0.316. The summed E-state index contributed by atoms with van der Waals surface area (Å²) in [6.45, 7) is 11.1. The van der Waals surface area contributed by atoms with E-state index in [1.807, 2.05) is 12.1 Å². The van der Waals surface area contributed by atoms with Crippen LogP contribution in [0, 0.1) is 11.6 Å². The molecule has 244 valence electrons. The van der Waals surface area contributed by atoms with Crippen LogP contribution in [0.15, 0.2) is 48.8 Å². The van der Waals surface area contributed by atoms with Gasteiger partial charge in [-0.05, 0) is 57.7 Å². The first kappa shape index (κ1) is 30.9. The maximum absolute atomic E-state index is 17.0. The van der Waals surface area contributed by atoms with Crippen LogP contribution in [0.1, 0.15) is 12.8 Å². The van der Waals surface area contributed by atoms with Crippen molar-refractivity contribution in [2.24, 2.45) is 0 Å². The number of halogens is 2. The number of anilines is 2. The fourth-order valence-electron chi connectivity index (χ4n) is 6.83. The molecule has 3 saturated heterocycles. The molecule has 12 heteroatoms. The highest BCUT2D eigenvalue weighted by Gasteiger charge is 2.29. The second kappa shape index (κ2) is 13.6. The van der Waals surface area contributed by atoms with Gasteiger partial charge in [-0.1, -0.05) is 12.1 Å². The standard InChI is InChI=1S/C34H44F2N10/c1-41-12-16-43(17-13-41)18-21-45(28-4-3-11-37-22-28)34-31(36)32(25-5-8-27(9-6-25)44-19-14-42(2)15-20-44)39-33(40-34)29-23-38-30-10-7-26(35)24-46(29)30/h5-10,23-24,28,37H,3-4,11-22H2,1-2H3/t28-/m1/s1. The Labute approximate surface area is 269 Å². The van der Waals surface area contributed by atoms with Crippen molar-refractivity contribution >= 4 is 17.2 Å². The first-order valence-corrected chi connectivity index (χ1v) is 16.6. The predicted octanol–water partition coefficient (Wildman–Crippen LogP) is 3.29. The Balaban J connectivity index is 1.29. The van der Waals surface area contributed by atoms with Crippen molar-refractivity contribution in [1.29, 1.82) is 0 Å². The maximum atomic E-state index is 17.0. The van der Waals surface area contributed by atoms with E-state index in [9.17, 15) is 4.39 Å². The predicted molar refractivity (Wildman–Crippen MR) is 178 cm³/mol. The van der Waals surface area contributed by atoms with Crippen LogP contribution in [0.5, 0.6) is 0 Å². The smallest absolute Gasteiger partial charge is 0.191 e. The minimum atomic E-state index is -0.431. The van der Waals surface area contributed by atoms with Crippen molar-refractivity contribution in [2.45, 2.75) is 18.9 Å². The van der Waals surface area contributed by atoms with Crippen LogP contribution in [0.3, 0.4) is 0 Å². The van der Waals surface area contributed by atoms with E-state index in [0.717, 1.165) is 90.5 Å². The molecule has 7 rings (SSSR count). The monoisotopic (exact) mass is 630 g/mol. The Morgan fingerprint density at radius 1 is 0.891 bits per heavy atom. The van der Waals surface area contributed by atoms with Crippen LogP contribution in [0.25, 0.3) is 28.4 Å². The highest BCUT2D eigenvalue weighted by atomic mass is 19.1.